The molecule has 0 aromatic heterocycles. The number of fused-ring (bicyclic) bond motifs is 1. The fraction of sp³-hybridized carbons (Fsp3) is 0.300. The van der Waals surface area contributed by atoms with Gasteiger partial charge in [0.05, 0.1) is 27.4 Å². The molecule has 0 aliphatic carbocycles. The lowest BCUT2D eigenvalue weighted by molar-refractivity contribution is 0.0418. The lowest BCUT2D eigenvalue weighted by Crippen LogP contribution is -2.34. The van der Waals surface area contributed by atoms with Crippen LogP contribution in [0.3, 0.4) is 0 Å². The minimum Gasteiger partial charge on any atom is -0.494 e. The molecule has 2 aromatic rings. The third-order valence-electron chi connectivity index (χ3n) is 4.33. The molecule has 33 heavy (non-hydrogen) atoms. The molecular formula is C20H19Cl3N2O7S. The van der Waals surface area contributed by atoms with Gasteiger partial charge < -0.3 is 13.7 Å². The number of benzene rings is 2. The van der Waals surface area contributed by atoms with Crippen LogP contribution in [0.2, 0.25) is 15.1 Å². The van der Waals surface area contributed by atoms with Crippen molar-refractivity contribution in [3.05, 3.63) is 51.0 Å². The van der Waals surface area contributed by atoms with E-state index in [-0.39, 0.29) is 15.8 Å². The normalized spacial score (nSPS) is 14.9. The van der Waals surface area contributed by atoms with E-state index in [4.69, 9.17) is 48.5 Å². The fourth-order valence-corrected chi connectivity index (χ4v) is 3.92. The Kier molecular flexibility index (Phi) is 7.84. The first-order valence-electron chi connectivity index (χ1n) is 9.53. The van der Waals surface area contributed by atoms with E-state index in [0.29, 0.717) is 41.5 Å². The fourth-order valence-electron chi connectivity index (χ4n) is 2.84. The zero-order chi connectivity index (χ0) is 24.2. The van der Waals surface area contributed by atoms with Gasteiger partial charge >= 0.3 is 16.5 Å². The number of nitrogens with zero attached hydrogens (tertiary/aromatic N) is 1. The number of rotatable bonds is 9. The van der Waals surface area contributed by atoms with Crippen LogP contribution in [0.5, 0.6) is 11.5 Å². The summed E-state index contributed by atoms with van der Waals surface area (Å²) in [7, 11) is -4.42. The van der Waals surface area contributed by atoms with Crippen LogP contribution in [0.1, 0.15) is 32.3 Å². The Bertz CT molecular complexity index is 1190. The highest BCUT2D eigenvalue weighted by atomic mass is 35.5. The van der Waals surface area contributed by atoms with Crippen LogP contribution in [0.4, 0.5) is 10.5 Å². The Morgan fingerprint density at radius 2 is 1.82 bits per heavy atom. The highest BCUT2D eigenvalue weighted by Gasteiger charge is 2.35. The SMILES string of the molecule is CC1(C)OC(=O)Nc2c(Cl)cc(OCCCC=NOS(=O)(=O)Oc3ccc(Cl)c(Cl)c3)cc21. The van der Waals surface area contributed by atoms with Crippen molar-refractivity contribution >= 4 is 63.2 Å². The summed E-state index contributed by atoms with van der Waals surface area (Å²) in [5, 5.41) is 6.69. The summed E-state index contributed by atoms with van der Waals surface area (Å²) < 4.78 is 43.7. The van der Waals surface area contributed by atoms with Gasteiger partial charge in [0.25, 0.3) is 0 Å². The Morgan fingerprint density at radius 1 is 1.09 bits per heavy atom. The van der Waals surface area contributed by atoms with E-state index < -0.39 is 22.1 Å². The predicted molar refractivity (Wildman–Crippen MR) is 125 cm³/mol. The first kappa shape index (κ1) is 25.2. The quantitative estimate of drug-likeness (QED) is 0.240. The van der Waals surface area contributed by atoms with E-state index in [1.54, 1.807) is 26.0 Å². The Labute approximate surface area is 205 Å². The van der Waals surface area contributed by atoms with Crippen LogP contribution in [-0.2, 0) is 25.0 Å². The van der Waals surface area contributed by atoms with Crippen molar-refractivity contribution in [1.29, 1.82) is 0 Å². The molecule has 0 unspecified atom stereocenters. The molecule has 178 valence electrons. The second-order valence-electron chi connectivity index (χ2n) is 7.27. The Balaban J connectivity index is 1.46. The van der Waals surface area contributed by atoms with Gasteiger partial charge in [-0.1, -0.05) is 40.0 Å². The van der Waals surface area contributed by atoms with Gasteiger partial charge in [0.1, 0.15) is 17.1 Å². The maximum absolute atomic E-state index is 11.8. The summed E-state index contributed by atoms with van der Waals surface area (Å²) in [6.07, 6.45) is 1.57. The molecule has 1 heterocycles. The molecule has 2 aromatic carbocycles. The van der Waals surface area contributed by atoms with Gasteiger partial charge in [0.15, 0.2) is 0 Å². The van der Waals surface area contributed by atoms with Crippen LogP contribution < -0.4 is 14.2 Å². The van der Waals surface area contributed by atoms with Gasteiger partial charge in [-0.05, 0) is 44.9 Å². The first-order valence-corrected chi connectivity index (χ1v) is 12.0. The number of ether oxygens (including phenoxy) is 2. The molecule has 0 bridgehead atoms. The van der Waals surface area contributed by atoms with E-state index in [1.165, 1.54) is 24.4 Å². The largest absolute Gasteiger partial charge is 0.521 e. The summed E-state index contributed by atoms with van der Waals surface area (Å²) in [5.41, 5.74) is 0.306. The minimum atomic E-state index is -4.42. The number of oxime groups is 1. The number of hydrogen-bond acceptors (Lipinski definition) is 8. The van der Waals surface area contributed by atoms with E-state index >= 15 is 0 Å². The third-order valence-corrected chi connectivity index (χ3v) is 6.03. The predicted octanol–water partition coefficient (Wildman–Crippen LogP) is 5.93. The van der Waals surface area contributed by atoms with Crippen LogP contribution in [-0.4, -0.2) is 27.3 Å². The molecule has 13 heteroatoms. The summed E-state index contributed by atoms with van der Waals surface area (Å²) in [6, 6.07) is 7.28. The van der Waals surface area contributed by atoms with E-state index in [2.05, 4.69) is 14.8 Å². The second kappa shape index (κ2) is 10.3. The van der Waals surface area contributed by atoms with E-state index in [1.807, 2.05) is 0 Å². The van der Waals surface area contributed by atoms with Gasteiger partial charge in [-0.25, -0.2) is 9.08 Å². The first-order chi connectivity index (χ1) is 15.5. The van der Waals surface area contributed by atoms with E-state index in [9.17, 15) is 13.2 Å². The molecule has 0 spiro atoms. The molecule has 3 rings (SSSR count). The number of carbonyl (C=O) groups excluding carboxylic acids is 1. The average molecular weight is 538 g/mol. The number of halogens is 3. The van der Waals surface area contributed by atoms with Crippen LogP contribution in [0, 0.1) is 0 Å². The zero-order valence-electron chi connectivity index (χ0n) is 17.4. The maximum Gasteiger partial charge on any atom is 0.521 e. The molecule has 0 fully saturated rings. The molecular weight excluding hydrogens is 519 g/mol. The van der Waals surface area contributed by atoms with Gasteiger partial charge in [-0.3, -0.25) is 5.32 Å². The highest BCUT2D eigenvalue weighted by molar-refractivity contribution is 7.82. The molecule has 0 atom stereocenters. The van der Waals surface area contributed by atoms with Crippen molar-refractivity contribution in [2.75, 3.05) is 11.9 Å². The molecule has 1 aliphatic rings. The topological polar surface area (TPSA) is 113 Å². The van der Waals surface area contributed by atoms with Gasteiger partial charge in [0.2, 0.25) is 0 Å². The summed E-state index contributed by atoms with van der Waals surface area (Å²) >= 11 is 17.8. The maximum atomic E-state index is 11.8. The number of anilines is 1. The molecule has 0 saturated carbocycles. The summed E-state index contributed by atoms with van der Waals surface area (Å²) in [4.78, 5) is 11.7. The average Bonchev–Trinajstić information content (AvgIpc) is 2.70. The molecule has 1 aliphatic heterocycles. The number of nitrogens with one attached hydrogen (secondary N) is 1. The smallest absolute Gasteiger partial charge is 0.494 e. The number of unbranched alkanes of at least 4 members (excludes halogenated alkanes) is 1. The van der Waals surface area contributed by atoms with Crippen molar-refractivity contribution in [1.82, 2.24) is 0 Å². The lowest BCUT2D eigenvalue weighted by atomic mass is 9.94. The standard InChI is InChI=1S/C20H19Cl3N2O7S/c1-20(2)14-9-13(11-17(23)18(14)25-19(26)30-20)29-8-4-3-7-24-32-33(27,28)31-12-5-6-15(21)16(22)10-12/h5-7,9-11H,3-4,8H2,1-2H3,(H,25,26). The van der Waals surface area contributed by atoms with Gasteiger partial charge in [-0.2, -0.15) is 0 Å². The second-order valence-corrected chi connectivity index (χ2v) is 9.63. The lowest BCUT2D eigenvalue weighted by Gasteiger charge is -2.33. The number of hydrogen-bond donors (Lipinski definition) is 1. The van der Waals surface area contributed by atoms with Crippen LogP contribution in [0.25, 0.3) is 0 Å². The number of carbonyl (C=O) groups is 1. The van der Waals surface area contributed by atoms with Crippen molar-refractivity contribution in [2.24, 2.45) is 5.16 Å². The third kappa shape index (κ3) is 6.80. The van der Waals surface area contributed by atoms with Crippen molar-refractivity contribution < 1.29 is 31.2 Å². The minimum absolute atomic E-state index is 0.0650. The highest BCUT2D eigenvalue weighted by Crippen LogP contribution is 2.42. The van der Waals surface area contributed by atoms with Crippen molar-refractivity contribution in [3.8, 4) is 11.5 Å². The summed E-state index contributed by atoms with van der Waals surface area (Å²) in [5.74, 6) is 0.433. The van der Waals surface area contributed by atoms with Crippen LogP contribution >= 0.6 is 34.8 Å². The molecule has 1 amide bonds. The van der Waals surface area contributed by atoms with Crippen LogP contribution in [0.15, 0.2) is 35.5 Å². The molecule has 0 saturated heterocycles. The Hall–Kier alpha value is -2.40. The Morgan fingerprint density at radius 3 is 2.55 bits per heavy atom. The molecule has 9 nitrogen and oxygen atoms in total. The number of cyclic esters (lactones) is 1. The van der Waals surface area contributed by atoms with Gasteiger partial charge in [-0.15, -0.1) is 8.42 Å². The monoisotopic (exact) mass is 536 g/mol. The van der Waals surface area contributed by atoms with Crippen molar-refractivity contribution in [3.63, 3.8) is 0 Å². The number of amides is 1. The summed E-state index contributed by atoms with van der Waals surface area (Å²) in [6.45, 7) is 3.79. The molecule has 0 radical (unpaired) electrons. The van der Waals surface area contributed by atoms with E-state index in [0.717, 1.165) is 0 Å². The van der Waals surface area contributed by atoms with Gasteiger partial charge in [0, 0.05) is 23.9 Å². The molecule has 1 N–H and O–H groups in total. The van der Waals surface area contributed by atoms with Crippen molar-refractivity contribution in [2.45, 2.75) is 32.3 Å². The zero-order valence-corrected chi connectivity index (χ0v) is 20.5.